The molecule has 1 rings (SSSR count). The summed E-state index contributed by atoms with van der Waals surface area (Å²) in [6.45, 7) is 6.93. The van der Waals surface area contributed by atoms with Crippen molar-refractivity contribution in [2.45, 2.75) is 32.2 Å². The molecule has 1 heterocycles. The van der Waals surface area contributed by atoms with Crippen molar-refractivity contribution in [3.8, 4) is 0 Å². The van der Waals surface area contributed by atoms with E-state index in [0.717, 1.165) is 31.5 Å². The number of aromatic nitrogens is 2. The van der Waals surface area contributed by atoms with Crippen LogP contribution in [0.25, 0.3) is 0 Å². The zero-order valence-electron chi connectivity index (χ0n) is 9.32. The lowest BCUT2D eigenvalue weighted by Crippen LogP contribution is -2.22. The van der Waals surface area contributed by atoms with Crippen molar-refractivity contribution < 1.29 is 0 Å². The van der Waals surface area contributed by atoms with Gasteiger partial charge in [-0.1, -0.05) is 13.0 Å². The van der Waals surface area contributed by atoms with Gasteiger partial charge in [0.2, 0.25) is 0 Å². The maximum Gasteiger partial charge on any atom is 0.115 e. The molecule has 1 unspecified atom stereocenters. The van der Waals surface area contributed by atoms with Crippen LogP contribution in [0.3, 0.4) is 0 Å². The number of allylic oxidation sites excluding steroid dienone is 1. The Morgan fingerprint density at radius 2 is 2.47 bits per heavy atom. The van der Waals surface area contributed by atoms with Crippen LogP contribution in [0.2, 0.25) is 0 Å². The molecule has 0 saturated heterocycles. The van der Waals surface area contributed by atoms with Gasteiger partial charge in [-0.3, -0.25) is 0 Å². The second-order valence-corrected chi connectivity index (χ2v) is 3.51. The van der Waals surface area contributed by atoms with E-state index in [1.165, 1.54) is 0 Å². The predicted octanol–water partition coefficient (Wildman–Crippen LogP) is 2.48. The lowest BCUT2D eigenvalue weighted by Gasteiger charge is -2.16. The molecular formula is C12H19N3. The van der Waals surface area contributed by atoms with E-state index in [1.54, 1.807) is 12.5 Å². The Morgan fingerprint density at radius 1 is 1.60 bits per heavy atom. The smallest absolute Gasteiger partial charge is 0.115 e. The highest BCUT2D eigenvalue weighted by Crippen LogP contribution is 2.15. The molecule has 0 bridgehead atoms. The van der Waals surface area contributed by atoms with E-state index in [4.69, 9.17) is 0 Å². The first-order valence-electron chi connectivity index (χ1n) is 5.48. The molecule has 15 heavy (non-hydrogen) atoms. The Kier molecular flexibility index (Phi) is 5.63. The molecule has 0 radical (unpaired) electrons. The van der Waals surface area contributed by atoms with Gasteiger partial charge in [0.15, 0.2) is 0 Å². The summed E-state index contributed by atoms with van der Waals surface area (Å²) in [5, 5.41) is 3.48. The van der Waals surface area contributed by atoms with Crippen LogP contribution >= 0.6 is 0 Å². The molecule has 0 amide bonds. The molecule has 0 saturated carbocycles. The van der Waals surface area contributed by atoms with Gasteiger partial charge in [0.1, 0.15) is 6.33 Å². The third-order valence-corrected chi connectivity index (χ3v) is 2.26. The van der Waals surface area contributed by atoms with Gasteiger partial charge in [-0.05, 0) is 31.9 Å². The molecule has 0 aliphatic rings. The van der Waals surface area contributed by atoms with E-state index < -0.39 is 0 Å². The fraction of sp³-hybridized carbons (Fsp3) is 0.500. The molecule has 82 valence electrons. The van der Waals surface area contributed by atoms with Crippen LogP contribution in [0.15, 0.2) is 31.2 Å². The minimum atomic E-state index is 0.325. The maximum absolute atomic E-state index is 4.28. The largest absolute Gasteiger partial charge is 0.309 e. The number of nitrogens with one attached hydrogen (secondary N) is 1. The van der Waals surface area contributed by atoms with Crippen molar-refractivity contribution >= 4 is 0 Å². The molecule has 1 aromatic heterocycles. The first-order valence-corrected chi connectivity index (χ1v) is 5.48. The second kappa shape index (κ2) is 7.12. The van der Waals surface area contributed by atoms with Gasteiger partial charge < -0.3 is 5.32 Å². The average molecular weight is 205 g/mol. The SMILES string of the molecule is C=CCCC(NCCC)c1ccncn1. The molecule has 0 aromatic carbocycles. The van der Waals surface area contributed by atoms with Gasteiger partial charge in [-0.15, -0.1) is 6.58 Å². The Bertz CT molecular complexity index is 271. The van der Waals surface area contributed by atoms with Crippen molar-refractivity contribution in [2.75, 3.05) is 6.54 Å². The predicted molar refractivity (Wildman–Crippen MR) is 62.5 cm³/mol. The van der Waals surface area contributed by atoms with Crippen LogP contribution in [0, 0.1) is 0 Å². The van der Waals surface area contributed by atoms with Gasteiger partial charge >= 0.3 is 0 Å². The van der Waals surface area contributed by atoms with Crippen molar-refractivity contribution in [1.29, 1.82) is 0 Å². The molecule has 0 aliphatic carbocycles. The molecular weight excluding hydrogens is 186 g/mol. The molecule has 3 nitrogen and oxygen atoms in total. The van der Waals surface area contributed by atoms with Crippen LogP contribution in [-0.4, -0.2) is 16.5 Å². The zero-order chi connectivity index (χ0) is 10.9. The Balaban J connectivity index is 2.58. The zero-order valence-corrected chi connectivity index (χ0v) is 9.32. The number of hydrogen-bond donors (Lipinski definition) is 1. The molecule has 0 aliphatic heterocycles. The van der Waals surface area contributed by atoms with Crippen LogP contribution in [-0.2, 0) is 0 Å². The maximum atomic E-state index is 4.28. The van der Waals surface area contributed by atoms with Crippen molar-refractivity contribution in [3.05, 3.63) is 36.9 Å². The average Bonchev–Trinajstić information content (AvgIpc) is 2.30. The summed E-state index contributed by atoms with van der Waals surface area (Å²) in [5.41, 5.74) is 1.07. The summed E-state index contributed by atoms with van der Waals surface area (Å²) in [6.07, 6.45) is 8.52. The lowest BCUT2D eigenvalue weighted by molar-refractivity contribution is 0.491. The highest BCUT2D eigenvalue weighted by atomic mass is 14.9. The number of nitrogens with zero attached hydrogens (tertiary/aromatic N) is 2. The minimum Gasteiger partial charge on any atom is -0.309 e. The Morgan fingerprint density at radius 3 is 3.07 bits per heavy atom. The van der Waals surface area contributed by atoms with Gasteiger partial charge in [0.25, 0.3) is 0 Å². The van der Waals surface area contributed by atoms with Gasteiger partial charge in [-0.25, -0.2) is 9.97 Å². The van der Waals surface area contributed by atoms with Crippen LogP contribution in [0.4, 0.5) is 0 Å². The monoisotopic (exact) mass is 205 g/mol. The quantitative estimate of drug-likeness (QED) is 0.695. The van der Waals surface area contributed by atoms with E-state index in [9.17, 15) is 0 Å². The summed E-state index contributed by atoms with van der Waals surface area (Å²) >= 11 is 0. The van der Waals surface area contributed by atoms with Crippen molar-refractivity contribution in [1.82, 2.24) is 15.3 Å². The number of rotatable bonds is 7. The summed E-state index contributed by atoms with van der Waals surface area (Å²) in [5.74, 6) is 0. The van der Waals surface area contributed by atoms with E-state index in [0.29, 0.717) is 6.04 Å². The number of hydrogen-bond acceptors (Lipinski definition) is 3. The molecule has 1 aromatic rings. The van der Waals surface area contributed by atoms with Gasteiger partial charge in [0, 0.05) is 12.2 Å². The standard InChI is InChI=1S/C12H19N3/c1-3-5-6-11(14-8-4-2)12-7-9-13-10-15-12/h3,7,9-11,14H,1,4-6,8H2,2H3. The normalized spacial score (nSPS) is 12.3. The second-order valence-electron chi connectivity index (χ2n) is 3.51. The molecule has 0 fully saturated rings. The van der Waals surface area contributed by atoms with Gasteiger partial charge in [0.05, 0.1) is 5.69 Å². The van der Waals surface area contributed by atoms with Gasteiger partial charge in [-0.2, -0.15) is 0 Å². The van der Waals surface area contributed by atoms with E-state index in [2.05, 4.69) is 28.8 Å². The first kappa shape index (κ1) is 11.9. The topological polar surface area (TPSA) is 37.8 Å². The highest BCUT2D eigenvalue weighted by molar-refractivity contribution is 5.04. The van der Waals surface area contributed by atoms with Crippen LogP contribution in [0.5, 0.6) is 0 Å². The molecule has 1 atom stereocenters. The summed E-state index contributed by atoms with van der Waals surface area (Å²) in [7, 11) is 0. The first-order chi connectivity index (χ1) is 7.38. The summed E-state index contributed by atoms with van der Waals surface area (Å²) in [4.78, 5) is 8.21. The third-order valence-electron chi connectivity index (χ3n) is 2.26. The van der Waals surface area contributed by atoms with Crippen molar-refractivity contribution in [3.63, 3.8) is 0 Å². The summed E-state index contributed by atoms with van der Waals surface area (Å²) < 4.78 is 0. The fourth-order valence-corrected chi connectivity index (χ4v) is 1.46. The molecule has 0 spiro atoms. The van der Waals surface area contributed by atoms with E-state index >= 15 is 0 Å². The third kappa shape index (κ3) is 4.21. The Hall–Kier alpha value is -1.22. The molecule has 3 heteroatoms. The lowest BCUT2D eigenvalue weighted by atomic mass is 10.1. The molecule has 1 N–H and O–H groups in total. The minimum absolute atomic E-state index is 0.325. The summed E-state index contributed by atoms with van der Waals surface area (Å²) in [6, 6.07) is 2.29. The van der Waals surface area contributed by atoms with E-state index in [1.807, 2.05) is 12.1 Å². The fourth-order valence-electron chi connectivity index (χ4n) is 1.46. The van der Waals surface area contributed by atoms with Crippen LogP contribution in [0.1, 0.15) is 37.9 Å². The Labute approximate surface area is 91.7 Å². The van der Waals surface area contributed by atoms with E-state index in [-0.39, 0.29) is 0 Å². The highest BCUT2D eigenvalue weighted by Gasteiger charge is 2.10. The van der Waals surface area contributed by atoms with Crippen LogP contribution < -0.4 is 5.32 Å². The van der Waals surface area contributed by atoms with Crippen molar-refractivity contribution in [2.24, 2.45) is 0 Å².